The van der Waals surface area contributed by atoms with E-state index in [1.54, 1.807) is 0 Å². The van der Waals surface area contributed by atoms with Gasteiger partial charge >= 0.3 is 0 Å². The Morgan fingerprint density at radius 1 is 1.17 bits per heavy atom. The molecule has 2 N–H and O–H groups in total. The number of amides is 1. The lowest BCUT2D eigenvalue weighted by Crippen LogP contribution is -2.39. The highest BCUT2D eigenvalue weighted by molar-refractivity contribution is 14.0. The summed E-state index contributed by atoms with van der Waals surface area (Å²) in [6, 6.07) is 8.70. The number of rotatable bonds is 11. The maximum atomic E-state index is 11.7. The van der Waals surface area contributed by atoms with Crippen molar-refractivity contribution in [1.29, 1.82) is 0 Å². The largest absolute Gasteiger partial charge is 0.357 e. The number of hydrogen-bond acceptors (Lipinski definition) is 3. The van der Waals surface area contributed by atoms with Gasteiger partial charge in [0.2, 0.25) is 5.91 Å². The first kappa shape index (κ1) is 25.7. The predicted octanol–water partition coefficient (Wildman–Crippen LogP) is 3.21. The molecule has 0 unspecified atom stereocenters. The predicted molar refractivity (Wildman–Crippen MR) is 132 cm³/mol. The lowest BCUT2D eigenvalue weighted by Gasteiger charge is -2.18. The second-order valence-electron chi connectivity index (χ2n) is 7.24. The van der Waals surface area contributed by atoms with Crippen LogP contribution < -0.4 is 10.6 Å². The minimum absolute atomic E-state index is 0. The number of nitrogens with zero attached hydrogens (tertiary/aromatic N) is 3. The molecule has 164 valence electrons. The first-order valence-electron chi connectivity index (χ1n) is 10.8. The van der Waals surface area contributed by atoms with Crippen LogP contribution in [0.1, 0.15) is 51.2 Å². The van der Waals surface area contributed by atoms with E-state index in [1.165, 1.54) is 11.1 Å². The van der Waals surface area contributed by atoms with E-state index in [1.807, 2.05) is 4.90 Å². The number of carbonyl (C=O) groups excluding carboxylic acids is 1. The summed E-state index contributed by atoms with van der Waals surface area (Å²) in [4.78, 5) is 20.8. The Morgan fingerprint density at radius 3 is 2.59 bits per heavy atom. The number of carbonyl (C=O) groups is 1. The molecule has 1 aliphatic heterocycles. The summed E-state index contributed by atoms with van der Waals surface area (Å²) in [6.07, 6.45) is 2.66. The van der Waals surface area contributed by atoms with E-state index in [4.69, 9.17) is 4.99 Å². The van der Waals surface area contributed by atoms with Gasteiger partial charge in [0, 0.05) is 39.1 Å². The normalized spacial score (nSPS) is 14.3. The van der Waals surface area contributed by atoms with Gasteiger partial charge in [0.05, 0.1) is 6.54 Å². The van der Waals surface area contributed by atoms with Gasteiger partial charge < -0.3 is 15.5 Å². The van der Waals surface area contributed by atoms with Gasteiger partial charge in [0.15, 0.2) is 5.96 Å². The Morgan fingerprint density at radius 2 is 1.93 bits per heavy atom. The SMILES string of the molecule is CCNC(=NCc1cccc(CN(CC)CC)c1)NCCCN1CCCC1=O.I. The second kappa shape index (κ2) is 14.6. The minimum Gasteiger partial charge on any atom is -0.357 e. The molecule has 1 heterocycles. The lowest BCUT2D eigenvalue weighted by molar-refractivity contribution is -0.127. The summed E-state index contributed by atoms with van der Waals surface area (Å²) in [5.74, 6) is 1.13. The van der Waals surface area contributed by atoms with Crippen molar-refractivity contribution in [2.45, 2.75) is 53.1 Å². The molecular weight excluding hydrogens is 477 g/mol. The fourth-order valence-corrected chi connectivity index (χ4v) is 3.46. The number of halogens is 1. The van der Waals surface area contributed by atoms with Gasteiger partial charge in [-0.15, -0.1) is 24.0 Å². The third-order valence-electron chi connectivity index (χ3n) is 5.12. The van der Waals surface area contributed by atoms with Crippen LogP contribution in [0.5, 0.6) is 0 Å². The number of hydrogen-bond donors (Lipinski definition) is 2. The highest BCUT2D eigenvalue weighted by Crippen LogP contribution is 2.10. The molecule has 1 amide bonds. The molecule has 0 atom stereocenters. The van der Waals surface area contributed by atoms with E-state index in [2.05, 4.69) is 60.6 Å². The third kappa shape index (κ3) is 9.33. The van der Waals surface area contributed by atoms with Gasteiger partial charge in [-0.25, -0.2) is 4.99 Å². The average molecular weight is 515 g/mol. The van der Waals surface area contributed by atoms with Gasteiger partial charge in [-0.3, -0.25) is 9.69 Å². The quantitative estimate of drug-likeness (QED) is 0.206. The molecule has 1 aromatic carbocycles. The summed E-state index contributed by atoms with van der Waals surface area (Å²) in [7, 11) is 0. The summed E-state index contributed by atoms with van der Waals surface area (Å²) in [5, 5.41) is 6.69. The van der Waals surface area contributed by atoms with Crippen LogP contribution in [0.3, 0.4) is 0 Å². The monoisotopic (exact) mass is 515 g/mol. The zero-order chi connectivity index (χ0) is 20.2. The highest BCUT2D eigenvalue weighted by Gasteiger charge is 2.18. The van der Waals surface area contributed by atoms with Crippen molar-refractivity contribution in [3.63, 3.8) is 0 Å². The molecule has 6 nitrogen and oxygen atoms in total. The molecule has 0 radical (unpaired) electrons. The highest BCUT2D eigenvalue weighted by atomic mass is 127. The van der Waals surface area contributed by atoms with Crippen LogP contribution in [0.15, 0.2) is 29.3 Å². The molecule has 1 saturated heterocycles. The van der Waals surface area contributed by atoms with E-state index in [-0.39, 0.29) is 24.0 Å². The first-order chi connectivity index (χ1) is 13.7. The fraction of sp³-hybridized carbons (Fsp3) is 0.636. The Balaban J connectivity index is 0.00000420. The topological polar surface area (TPSA) is 60.0 Å². The number of benzene rings is 1. The molecule has 1 fully saturated rings. The van der Waals surface area contributed by atoms with Gasteiger partial charge in [-0.2, -0.15) is 0 Å². The van der Waals surface area contributed by atoms with E-state index in [9.17, 15) is 4.79 Å². The van der Waals surface area contributed by atoms with Crippen LogP contribution in [0, 0.1) is 0 Å². The maximum Gasteiger partial charge on any atom is 0.222 e. The smallest absolute Gasteiger partial charge is 0.222 e. The first-order valence-corrected chi connectivity index (χ1v) is 10.8. The number of nitrogens with one attached hydrogen (secondary N) is 2. The Kier molecular flexibility index (Phi) is 12.9. The van der Waals surface area contributed by atoms with Gasteiger partial charge in [0.25, 0.3) is 0 Å². The third-order valence-corrected chi connectivity index (χ3v) is 5.12. The Bertz CT molecular complexity index is 633. The van der Waals surface area contributed by atoms with Crippen LogP contribution in [0.25, 0.3) is 0 Å². The molecule has 0 aliphatic carbocycles. The molecule has 29 heavy (non-hydrogen) atoms. The molecule has 1 aromatic rings. The molecule has 0 saturated carbocycles. The zero-order valence-electron chi connectivity index (χ0n) is 18.2. The van der Waals surface area contributed by atoms with Crippen LogP contribution in [0.4, 0.5) is 0 Å². The zero-order valence-corrected chi connectivity index (χ0v) is 20.6. The molecule has 2 rings (SSSR count). The molecule has 0 spiro atoms. The van der Waals surface area contributed by atoms with E-state index < -0.39 is 0 Å². The molecule has 0 aromatic heterocycles. The van der Waals surface area contributed by atoms with Crippen molar-refractivity contribution in [3.05, 3.63) is 35.4 Å². The number of likely N-dealkylation sites (tertiary alicyclic amines) is 1. The van der Waals surface area contributed by atoms with Crippen LogP contribution in [0.2, 0.25) is 0 Å². The minimum atomic E-state index is 0. The standard InChI is InChI=1S/C22H37N5O.HI/c1-4-23-22(24-13-9-15-27-14-8-12-21(27)28)25-17-19-10-7-11-20(16-19)18-26(5-2)6-3;/h7,10-11,16H,4-6,8-9,12-15,17-18H2,1-3H3,(H2,23,24,25);1H. The summed E-state index contributed by atoms with van der Waals surface area (Å²) >= 11 is 0. The second-order valence-corrected chi connectivity index (χ2v) is 7.24. The number of guanidine groups is 1. The maximum absolute atomic E-state index is 11.7. The van der Waals surface area contributed by atoms with Crippen LogP contribution >= 0.6 is 24.0 Å². The fourth-order valence-electron chi connectivity index (χ4n) is 3.46. The van der Waals surface area contributed by atoms with Crippen molar-refractivity contribution in [2.75, 3.05) is 39.3 Å². The molecule has 7 heteroatoms. The lowest BCUT2D eigenvalue weighted by atomic mass is 10.1. The van der Waals surface area contributed by atoms with Crippen LogP contribution in [-0.4, -0.2) is 60.9 Å². The summed E-state index contributed by atoms with van der Waals surface area (Å²) in [6.45, 7) is 13.6. The van der Waals surface area contributed by atoms with Crippen molar-refractivity contribution < 1.29 is 4.79 Å². The average Bonchev–Trinajstić information content (AvgIpc) is 3.12. The van der Waals surface area contributed by atoms with Crippen molar-refractivity contribution in [1.82, 2.24) is 20.4 Å². The van der Waals surface area contributed by atoms with E-state index in [0.717, 1.165) is 64.6 Å². The van der Waals surface area contributed by atoms with Crippen molar-refractivity contribution >= 4 is 35.8 Å². The number of aliphatic imine (C=N–C) groups is 1. The van der Waals surface area contributed by atoms with E-state index in [0.29, 0.717) is 18.9 Å². The van der Waals surface area contributed by atoms with Crippen molar-refractivity contribution in [2.24, 2.45) is 4.99 Å². The molecule has 1 aliphatic rings. The van der Waals surface area contributed by atoms with Gasteiger partial charge in [-0.1, -0.05) is 38.1 Å². The van der Waals surface area contributed by atoms with E-state index >= 15 is 0 Å². The molecular formula is C22H38IN5O. The van der Waals surface area contributed by atoms with Crippen molar-refractivity contribution in [3.8, 4) is 0 Å². The van der Waals surface area contributed by atoms with Gasteiger partial charge in [-0.05, 0) is 44.0 Å². The Labute approximate surface area is 193 Å². The van der Waals surface area contributed by atoms with Gasteiger partial charge in [0.1, 0.15) is 0 Å². The molecule has 0 bridgehead atoms. The van der Waals surface area contributed by atoms with Crippen LogP contribution in [-0.2, 0) is 17.9 Å². The summed E-state index contributed by atoms with van der Waals surface area (Å²) in [5.41, 5.74) is 2.56. The summed E-state index contributed by atoms with van der Waals surface area (Å²) < 4.78 is 0. The Hall–Kier alpha value is -1.35.